The molecule has 2 aromatic rings. The minimum absolute atomic E-state index is 0.250. The molecule has 4 nitrogen and oxygen atoms in total. The molecule has 0 fully saturated rings. The molecule has 1 N–H and O–H groups in total. The number of aliphatic hydroxyl groups excluding tert-OH is 1. The molecule has 1 aromatic heterocycles. The summed E-state index contributed by atoms with van der Waals surface area (Å²) in [6, 6.07) is 4.10. The Morgan fingerprint density at radius 2 is 2.28 bits per heavy atom. The Bertz CT molecular complexity index is 525. The first-order valence-corrected chi connectivity index (χ1v) is 5.75. The number of benzene rings is 1. The average Bonchev–Trinajstić information content (AvgIpc) is 2.84. The van der Waals surface area contributed by atoms with Gasteiger partial charge in [-0.1, -0.05) is 0 Å². The fourth-order valence-corrected chi connectivity index (χ4v) is 1.72. The van der Waals surface area contributed by atoms with Gasteiger partial charge in [-0.25, -0.2) is 9.37 Å². The highest BCUT2D eigenvalue weighted by atomic mass is 19.1. The molecule has 0 aliphatic rings. The summed E-state index contributed by atoms with van der Waals surface area (Å²) >= 11 is 0. The van der Waals surface area contributed by atoms with Crippen molar-refractivity contribution in [2.45, 2.75) is 26.7 Å². The third-order valence-corrected chi connectivity index (χ3v) is 2.71. The number of aryl methyl sites for hydroxylation is 1. The summed E-state index contributed by atoms with van der Waals surface area (Å²) in [5.74, 6) is 0.104. The first kappa shape index (κ1) is 12.6. The predicted octanol–water partition coefficient (Wildman–Crippen LogP) is 2.11. The van der Waals surface area contributed by atoms with Crippen LogP contribution >= 0.6 is 0 Å². The van der Waals surface area contributed by atoms with Crippen molar-refractivity contribution >= 4 is 0 Å². The van der Waals surface area contributed by atoms with Gasteiger partial charge in [0, 0.05) is 12.1 Å². The number of halogens is 1. The van der Waals surface area contributed by atoms with Crippen LogP contribution in [0.15, 0.2) is 30.7 Å². The van der Waals surface area contributed by atoms with Crippen LogP contribution in [0.4, 0.5) is 4.39 Å². The molecule has 0 aliphatic carbocycles. The number of rotatable bonds is 5. The van der Waals surface area contributed by atoms with E-state index >= 15 is 0 Å². The van der Waals surface area contributed by atoms with Crippen LogP contribution in [0.2, 0.25) is 0 Å². The number of nitrogens with zero attached hydrogens (tertiary/aromatic N) is 2. The highest BCUT2D eigenvalue weighted by Crippen LogP contribution is 2.20. The Labute approximate surface area is 105 Å². The van der Waals surface area contributed by atoms with Crippen LogP contribution in [0.5, 0.6) is 5.75 Å². The van der Waals surface area contributed by atoms with E-state index in [1.165, 1.54) is 18.2 Å². The number of imidazole rings is 1. The predicted molar refractivity (Wildman–Crippen MR) is 64.6 cm³/mol. The smallest absolute Gasteiger partial charge is 0.130 e. The Morgan fingerprint density at radius 3 is 3.00 bits per heavy atom. The summed E-state index contributed by atoms with van der Waals surface area (Å²) in [6.07, 6.45) is 3.46. The van der Waals surface area contributed by atoms with Crippen LogP contribution < -0.4 is 4.74 Å². The molecular weight excluding hydrogens is 235 g/mol. The van der Waals surface area contributed by atoms with Crippen LogP contribution in [0.1, 0.15) is 18.2 Å². The zero-order valence-electron chi connectivity index (χ0n) is 10.1. The monoisotopic (exact) mass is 250 g/mol. The molecule has 2 rings (SSSR count). The molecule has 0 radical (unpaired) electrons. The lowest BCUT2D eigenvalue weighted by atomic mass is 10.2. The lowest BCUT2D eigenvalue weighted by molar-refractivity contribution is 0.255. The summed E-state index contributed by atoms with van der Waals surface area (Å²) in [5.41, 5.74) is 1.38. The number of hydrogen-bond acceptors (Lipinski definition) is 3. The molecule has 5 heteroatoms. The molecule has 0 atom stereocenters. The molecule has 1 aromatic carbocycles. The van der Waals surface area contributed by atoms with E-state index < -0.39 is 0 Å². The van der Waals surface area contributed by atoms with Crippen LogP contribution in [0, 0.1) is 5.82 Å². The van der Waals surface area contributed by atoms with E-state index in [0.29, 0.717) is 17.9 Å². The summed E-state index contributed by atoms with van der Waals surface area (Å²) in [6.45, 7) is 2.92. The summed E-state index contributed by atoms with van der Waals surface area (Å²) < 4.78 is 20.5. The number of aromatic nitrogens is 2. The normalized spacial score (nSPS) is 10.6. The van der Waals surface area contributed by atoms with Gasteiger partial charge < -0.3 is 14.4 Å². The Balaban J connectivity index is 2.10. The van der Waals surface area contributed by atoms with Gasteiger partial charge in [-0.2, -0.15) is 0 Å². The Kier molecular flexibility index (Phi) is 3.94. The average molecular weight is 250 g/mol. The van der Waals surface area contributed by atoms with Crippen molar-refractivity contribution in [3.8, 4) is 5.75 Å². The van der Waals surface area contributed by atoms with Crippen LogP contribution in [0.3, 0.4) is 0 Å². The van der Waals surface area contributed by atoms with Crippen molar-refractivity contribution in [3.63, 3.8) is 0 Å². The van der Waals surface area contributed by atoms with Crippen LogP contribution in [-0.4, -0.2) is 14.7 Å². The van der Waals surface area contributed by atoms with Crippen molar-refractivity contribution in [2.75, 3.05) is 0 Å². The molecule has 0 saturated carbocycles. The zero-order chi connectivity index (χ0) is 13.0. The minimum Gasteiger partial charge on any atom is -0.487 e. The van der Waals surface area contributed by atoms with E-state index in [0.717, 1.165) is 12.2 Å². The highest BCUT2D eigenvalue weighted by molar-refractivity contribution is 5.33. The van der Waals surface area contributed by atoms with Gasteiger partial charge in [-0.15, -0.1) is 0 Å². The van der Waals surface area contributed by atoms with Crippen LogP contribution in [-0.2, 0) is 19.8 Å². The van der Waals surface area contributed by atoms with Gasteiger partial charge in [0.1, 0.15) is 18.2 Å². The molecule has 0 amide bonds. The standard InChI is InChI=1S/C13H15FN2O2/c1-2-16-9-15-6-12(16)8-18-13-4-3-11(14)5-10(13)7-17/h3-6,9,17H,2,7-8H2,1H3. The van der Waals surface area contributed by atoms with Crippen molar-refractivity contribution < 1.29 is 14.2 Å². The van der Waals surface area contributed by atoms with E-state index in [4.69, 9.17) is 9.84 Å². The fraction of sp³-hybridized carbons (Fsp3) is 0.308. The first-order valence-electron chi connectivity index (χ1n) is 5.75. The van der Waals surface area contributed by atoms with Gasteiger partial charge in [-0.05, 0) is 25.1 Å². The molecule has 0 unspecified atom stereocenters. The van der Waals surface area contributed by atoms with E-state index in [1.807, 2.05) is 11.5 Å². The van der Waals surface area contributed by atoms with Crippen LogP contribution in [0.25, 0.3) is 0 Å². The lowest BCUT2D eigenvalue weighted by Gasteiger charge is -2.11. The molecule has 0 saturated heterocycles. The Morgan fingerprint density at radius 1 is 1.44 bits per heavy atom. The van der Waals surface area contributed by atoms with Gasteiger partial charge in [0.05, 0.1) is 24.8 Å². The molecule has 0 aliphatic heterocycles. The summed E-state index contributed by atoms with van der Waals surface area (Å²) in [5, 5.41) is 9.14. The minimum atomic E-state index is -0.384. The maximum atomic E-state index is 13.0. The van der Waals surface area contributed by atoms with Crippen molar-refractivity contribution in [2.24, 2.45) is 0 Å². The Hall–Kier alpha value is -1.88. The first-order chi connectivity index (χ1) is 8.74. The number of hydrogen-bond donors (Lipinski definition) is 1. The molecule has 0 bridgehead atoms. The zero-order valence-corrected chi connectivity index (χ0v) is 10.1. The van der Waals surface area contributed by atoms with E-state index in [1.54, 1.807) is 12.5 Å². The van der Waals surface area contributed by atoms with Crippen molar-refractivity contribution in [1.82, 2.24) is 9.55 Å². The second-order valence-corrected chi connectivity index (χ2v) is 3.87. The molecule has 96 valence electrons. The van der Waals surface area contributed by atoms with Gasteiger partial charge in [0.2, 0.25) is 0 Å². The number of aliphatic hydroxyl groups is 1. The second kappa shape index (κ2) is 5.64. The maximum Gasteiger partial charge on any atom is 0.130 e. The highest BCUT2D eigenvalue weighted by Gasteiger charge is 2.06. The molecule has 18 heavy (non-hydrogen) atoms. The van der Waals surface area contributed by atoms with Crippen molar-refractivity contribution in [3.05, 3.63) is 47.8 Å². The van der Waals surface area contributed by atoms with Gasteiger partial charge in [0.15, 0.2) is 0 Å². The maximum absolute atomic E-state index is 13.0. The summed E-state index contributed by atoms with van der Waals surface area (Å²) in [7, 11) is 0. The SMILES string of the molecule is CCn1cncc1COc1ccc(F)cc1CO. The fourth-order valence-electron chi connectivity index (χ4n) is 1.72. The third-order valence-electron chi connectivity index (χ3n) is 2.71. The van der Waals surface area contributed by atoms with E-state index in [-0.39, 0.29) is 12.4 Å². The van der Waals surface area contributed by atoms with E-state index in [2.05, 4.69) is 4.98 Å². The largest absolute Gasteiger partial charge is 0.487 e. The van der Waals surface area contributed by atoms with Gasteiger partial charge in [0.25, 0.3) is 0 Å². The molecular formula is C13H15FN2O2. The lowest BCUT2D eigenvalue weighted by Crippen LogP contribution is -2.05. The van der Waals surface area contributed by atoms with Gasteiger partial charge in [-0.3, -0.25) is 0 Å². The van der Waals surface area contributed by atoms with E-state index in [9.17, 15) is 4.39 Å². The van der Waals surface area contributed by atoms with Crippen molar-refractivity contribution in [1.29, 1.82) is 0 Å². The van der Waals surface area contributed by atoms with Gasteiger partial charge >= 0.3 is 0 Å². The molecule has 0 spiro atoms. The topological polar surface area (TPSA) is 47.3 Å². The summed E-state index contributed by atoms with van der Waals surface area (Å²) in [4.78, 5) is 4.04. The third kappa shape index (κ3) is 2.68. The number of ether oxygens (including phenoxy) is 1. The quantitative estimate of drug-likeness (QED) is 0.884. The second-order valence-electron chi connectivity index (χ2n) is 3.87. The molecule has 1 heterocycles.